The Morgan fingerprint density at radius 3 is 2.73 bits per heavy atom. The molecule has 1 atom stereocenters. The molecule has 0 saturated heterocycles. The van der Waals surface area contributed by atoms with Gasteiger partial charge in [-0.1, -0.05) is 13.8 Å². The van der Waals surface area contributed by atoms with Gasteiger partial charge in [-0.25, -0.2) is 15.0 Å². The van der Waals surface area contributed by atoms with Crippen LogP contribution >= 0.6 is 0 Å². The van der Waals surface area contributed by atoms with Gasteiger partial charge in [0.2, 0.25) is 0 Å². The molecule has 1 unspecified atom stereocenters. The summed E-state index contributed by atoms with van der Waals surface area (Å²) in [7, 11) is 0. The highest BCUT2D eigenvalue weighted by Crippen LogP contribution is 2.12. The van der Waals surface area contributed by atoms with Gasteiger partial charge in [0.05, 0.1) is 0 Å². The lowest BCUT2D eigenvalue weighted by atomic mass is 10.1. The van der Waals surface area contributed by atoms with Crippen LogP contribution in [0.15, 0.2) is 6.33 Å². The van der Waals surface area contributed by atoms with Crippen LogP contribution in [0.25, 0.3) is 0 Å². The maximum atomic E-state index is 4.22. The van der Waals surface area contributed by atoms with E-state index in [0.29, 0.717) is 5.92 Å². The third-order valence-corrected chi connectivity index (χ3v) is 1.76. The van der Waals surface area contributed by atoms with E-state index in [1.54, 1.807) is 6.33 Å². The van der Waals surface area contributed by atoms with Gasteiger partial charge in [-0.2, -0.15) is 0 Å². The summed E-state index contributed by atoms with van der Waals surface area (Å²) >= 11 is 0. The van der Waals surface area contributed by atoms with Crippen LogP contribution in [0.2, 0.25) is 0 Å². The third-order valence-electron chi connectivity index (χ3n) is 1.76. The fraction of sp³-hybridized carbons (Fsp3) is 0.625. The van der Waals surface area contributed by atoms with Crippen molar-refractivity contribution < 1.29 is 0 Å². The van der Waals surface area contributed by atoms with Crippen LogP contribution in [0, 0.1) is 6.92 Å². The van der Waals surface area contributed by atoms with Gasteiger partial charge in [-0.05, 0) is 13.3 Å². The summed E-state index contributed by atoms with van der Waals surface area (Å²) in [6.45, 7) is 6.13. The average Bonchev–Trinajstić information content (AvgIpc) is 2.03. The SMILES string of the molecule is CCC(C)c1ncnc(C)n1. The summed E-state index contributed by atoms with van der Waals surface area (Å²) in [4.78, 5) is 12.2. The highest BCUT2D eigenvalue weighted by molar-refractivity contribution is 4.94. The molecule has 0 aromatic carbocycles. The average molecular weight is 151 g/mol. The Kier molecular flexibility index (Phi) is 2.52. The van der Waals surface area contributed by atoms with Crippen LogP contribution in [-0.2, 0) is 0 Å². The molecule has 0 aliphatic carbocycles. The van der Waals surface area contributed by atoms with E-state index in [9.17, 15) is 0 Å². The Bertz CT molecular complexity index is 235. The molecule has 0 bridgehead atoms. The molecule has 0 aliphatic rings. The lowest BCUT2D eigenvalue weighted by Gasteiger charge is -2.05. The van der Waals surface area contributed by atoms with E-state index in [4.69, 9.17) is 0 Å². The molecule has 1 heterocycles. The molecule has 0 saturated carbocycles. The van der Waals surface area contributed by atoms with Gasteiger partial charge in [0.1, 0.15) is 18.0 Å². The second kappa shape index (κ2) is 3.42. The van der Waals surface area contributed by atoms with Gasteiger partial charge in [0, 0.05) is 5.92 Å². The van der Waals surface area contributed by atoms with Crippen LogP contribution in [0.5, 0.6) is 0 Å². The fourth-order valence-corrected chi connectivity index (χ4v) is 0.815. The van der Waals surface area contributed by atoms with Crippen LogP contribution in [-0.4, -0.2) is 15.0 Å². The second-order valence-electron chi connectivity index (χ2n) is 2.70. The Morgan fingerprint density at radius 1 is 1.45 bits per heavy atom. The Morgan fingerprint density at radius 2 is 2.18 bits per heavy atom. The minimum atomic E-state index is 0.441. The number of aryl methyl sites for hydroxylation is 1. The zero-order valence-electron chi connectivity index (χ0n) is 7.20. The zero-order valence-corrected chi connectivity index (χ0v) is 7.20. The van der Waals surface area contributed by atoms with Gasteiger partial charge < -0.3 is 0 Å². The molecule has 1 rings (SSSR count). The standard InChI is InChI=1S/C8H13N3/c1-4-6(2)8-10-5-9-7(3)11-8/h5-6H,4H2,1-3H3. The van der Waals surface area contributed by atoms with Crippen molar-refractivity contribution >= 4 is 0 Å². The maximum Gasteiger partial charge on any atom is 0.135 e. The Labute approximate surface area is 66.9 Å². The third kappa shape index (κ3) is 1.97. The lowest BCUT2D eigenvalue weighted by Crippen LogP contribution is -2.01. The van der Waals surface area contributed by atoms with Crippen molar-refractivity contribution in [3.8, 4) is 0 Å². The molecule has 1 aromatic rings. The topological polar surface area (TPSA) is 38.7 Å². The van der Waals surface area contributed by atoms with Crippen molar-refractivity contribution in [2.24, 2.45) is 0 Å². The zero-order chi connectivity index (χ0) is 8.27. The molecule has 0 spiro atoms. The van der Waals surface area contributed by atoms with Crippen molar-refractivity contribution in [2.45, 2.75) is 33.1 Å². The van der Waals surface area contributed by atoms with E-state index in [-0.39, 0.29) is 0 Å². The largest absolute Gasteiger partial charge is 0.222 e. The number of nitrogens with zero attached hydrogens (tertiary/aromatic N) is 3. The van der Waals surface area contributed by atoms with Gasteiger partial charge in [-0.3, -0.25) is 0 Å². The molecule has 60 valence electrons. The normalized spacial score (nSPS) is 13.0. The van der Waals surface area contributed by atoms with Crippen LogP contribution < -0.4 is 0 Å². The number of aromatic nitrogens is 3. The predicted octanol–water partition coefficient (Wildman–Crippen LogP) is 1.69. The molecule has 1 aromatic heterocycles. The molecule has 3 nitrogen and oxygen atoms in total. The predicted molar refractivity (Wildman–Crippen MR) is 43.3 cm³/mol. The van der Waals surface area contributed by atoms with Gasteiger partial charge >= 0.3 is 0 Å². The minimum Gasteiger partial charge on any atom is -0.222 e. The van der Waals surface area contributed by atoms with E-state index in [2.05, 4.69) is 28.8 Å². The smallest absolute Gasteiger partial charge is 0.135 e. The van der Waals surface area contributed by atoms with E-state index in [1.807, 2.05) is 6.92 Å². The first-order valence-electron chi connectivity index (χ1n) is 3.89. The highest BCUT2D eigenvalue weighted by Gasteiger charge is 2.05. The van der Waals surface area contributed by atoms with Crippen molar-refractivity contribution in [2.75, 3.05) is 0 Å². The molecule has 0 radical (unpaired) electrons. The Balaban J connectivity index is 2.86. The summed E-state index contributed by atoms with van der Waals surface area (Å²) in [5, 5.41) is 0. The van der Waals surface area contributed by atoms with Gasteiger partial charge in [-0.15, -0.1) is 0 Å². The molecule has 0 fully saturated rings. The van der Waals surface area contributed by atoms with E-state index in [1.165, 1.54) is 0 Å². The van der Waals surface area contributed by atoms with Gasteiger partial charge in [0.25, 0.3) is 0 Å². The molecular formula is C8H13N3. The first kappa shape index (κ1) is 8.11. The molecule has 0 N–H and O–H groups in total. The van der Waals surface area contributed by atoms with Crippen LogP contribution in [0.1, 0.15) is 37.8 Å². The molecule has 0 aliphatic heterocycles. The van der Waals surface area contributed by atoms with Gasteiger partial charge in [0.15, 0.2) is 0 Å². The summed E-state index contributed by atoms with van der Waals surface area (Å²) in [6.07, 6.45) is 2.65. The fourth-order valence-electron chi connectivity index (χ4n) is 0.815. The summed E-state index contributed by atoms with van der Waals surface area (Å²) in [6, 6.07) is 0. The maximum absolute atomic E-state index is 4.22. The van der Waals surface area contributed by atoms with Crippen molar-refractivity contribution in [3.63, 3.8) is 0 Å². The van der Waals surface area contributed by atoms with Crippen molar-refractivity contribution in [3.05, 3.63) is 18.0 Å². The molecule has 11 heavy (non-hydrogen) atoms. The van der Waals surface area contributed by atoms with E-state index >= 15 is 0 Å². The summed E-state index contributed by atoms with van der Waals surface area (Å²) in [5.74, 6) is 2.15. The van der Waals surface area contributed by atoms with Crippen molar-refractivity contribution in [1.82, 2.24) is 15.0 Å². The van der Waals surface area contributed by atoms with Crippen LogP contribution in [0.4, 0.5) is 0 Å². The number of rotatable bonds is 2. The molecule has 0 amide bonds. The number of hydrogen-bond acceptors (Lipinski definition) is 3. The number of hydrogen-bond donors (Lipinski definition) is 0. The van der Waals surface area contributed by atoms with E-state index in [0.717, 1.165) is 18.1 Å². The monoisotopic (exact) mass is 151 g/mol. The second-order valence-corrected chi connectivity index (χ2v) is 2.70. The molecule has 3 heteroatoms. The summed E-state index contributed by atoms with van der Waals surface area (Å²) in [5.41, 5.74) is 0. The minimum absolute atomic E-state index is 0.441. The first-order valence-corrected chi connectivity index (χ1v) is 3.89. The molecular weight excluding hydrogens is 138 g/mol. The van der Waals surface area contributed by atoms with Crippen LogP contribution in [0.3, 0.4) is 0 Å². The quantitative estimate of drug-likeness (QED) is 0.645. The highest BCUT2D eigenvalue weighted by atomic mass is 15.0. The first-order chi connectivity index (χ1) is 5.24. The summed E-state index contributed by atoms with van der Waals surface area (Å²) < 4.78 is 0. The van der Waals surface area contributed by atoms with Crippen molar-refractivity contribution in [1.29, 1.82) is 0 Å². The Hall–Kier alpha value is -0.990. The van der Waals surface area contributed by atoms with E-state index < -0.39 is 0 Å². The lowest BCUT2D eigenvalue weighted by molar-refractivity contribution is 0.665.